The SMILES string of the molecule is COC(=O)CCC1CC1N. The third-order valence-electron chi connectivity index (χ3n) is 1.92. The quantitative estimate of drug-likeness (QED) is 0.577. The number of carbonyl (C=O) groups excluding carboxylic acids is 1. The van der Waals surface area contributed by atoms with Crippen LogP contribution >= 0.6 is 0 Å². The summed E-state index contributed by atoms with van der Waals surface area (Å²) in [7, 11) is 1.41. The molecule has 0 saturated heterocycles. The van der Waals surface area contributed by atoms with Gasteiger partial charge in [0.15, 0.2) is 0 Å². The maximum absolute atomic E-state index is 10.6. The van der Waals surface area contributed by atoms with Crippen molar-refractivity contribution >= 4 is 5.97 Å². The average molecular weight is 143 g/mol. The molecule has 3 nitrogen and oxygen atoms in total. The van der Waals surface area contributed by atoms with Crippen LogP contribution in [0.4, 0.5) is 0 Å². The number of ether oxygens (including phenoxy) is 1. The summed E-state index contributed by atoms with van der Waals surface area (Å²) < 4.78 is 4.48. The van der Waals surface area contributed by atoms with Crippen LogP contribution in [-0.4, -0.2) is 19.1 Å². The molecular formula is C7H13NO2. The van der Waals surface area contributed by atoms with Crippen molar-refractivity contribution < 1.29 is 9.53 Å². The van der Waals surface area contributed by atoms with Crippen LogP contribution in [0.5, 0.6) is 0 Å². The van der Waals surface area contributed by atoms with Crippen molar-refractivity contribution in [2.45, 2.75) is 25.3 Å². The van der Waals surface area contributed by atoms with E-state index < -0.39 is 0 Å². The summed E-state index contributed by atoms with van der Waals surface area (Å²) >= 11 is 0. The molecule has 2 atom stereocenters. The Morgan fingerprint density at radius 3 is 2.80 bits per heavy atom. The molecule has 1 aliphatic rings. The zero-order chi connectivity index (χ0) is 7.56. The molecule has 0 radical (unpaired) electrons. The van der Waals surface area contributed by atoms with Crippen molar-refractivity contribution in [3.63, 3.8) is 0 Å². The van der Waals surface area contributed by atoms with Gasteiger partial charge in [0.05, 0.1) is 7.11 Å². The van der Waals surface area contributed by atoms with E-state index in [4.69, 9.17) is 5.73 Å². The lowest BCUT2D eigenvalue weighted by Crippen LogP contribution is -2.05. The molecule has 1 rings (SSSR count). The maximum atomic E-state index is 10.6. The van der Waals surface area contributed by atoms with Gasteiger partial charge in [-0.15, -0.1) is 0 Å². The van der Waals surface area contributed by atoms with E-state index in [1.807, 2.05) is 0 Å². The van der Waals surface area contributed by atoms with E-state index in [0.29, 0.717) is 18.4 Å². The van der Waals surface area contributed by atoms with Gasteiger partial charge in [0, 0.05) is 12.5 Å². The predicted molar refractivity (Wildman–Crippen MR) is 37.3 cm³/mol. The molecular weight excluding hydrogens is 130 g/mol. The van der Waals surface area contributed by atoms with Crippen LogP contribution in [0.3, 0.4) is 0 Å². The monoisotopic (exact) mass is 143 g/mol. The van der Waals surface area contributed by atoms with E-state index in [1.165, 1.54) is 7.11 Å². The summed E-state index contributed by atoms with van der Waals surface area (Å²) in [4.78, 5) is 10.6. The van der Waals surface area contributed by atoms with Crippen LogP contribution in [-0.2, 0) is 9.53 Å². The van der Waals surface area contributed by atoms with Crippen molar-refractivity contribution in [1.29, 1.82) is 0 Å². The van der Waals surface area contributed by atoms with Crippen LogP contribution < -0.4 is 5.73 Å². The fourth-order valence-corrected chi connectivity index (χ4v) is 1.01. The lowest BCUT2D eigenvalue weighted by Gasteiger charge is -1.96. The zero-order valence-corrected chi connectivity index (χ0v) is 6.17. The van der Waals surface area contributed by atoms with E-state index in [-0.39, 0.29) is 5.97 Å². The maximum Gasteiger partial charge on any atom is 0.305 e. The van der Waals surface area contributed by atoms with E-state index in [0.717, 1.165) is 12.8 Å². The Kier molecular flexibility index (Phi) is 2.27. The Balaban J connectivity index is 2.00. The minimum atomic E-state index is -0.126. The molecule has 1 fully saturated rings. The highest BCUT2D eigenvalue weighted by Gasteiger charge is 2.33. The lowest BCUT2D eigenvalue weighted by molar-refractivity contribution is -0.140. The summed E-state index contributed by atoms with van der Waals surface area (Å²) in [5, 5.41) is 0. The largest absolute Gasteiger partial charge is 0.469 e. The van der Waals surface area contributed by atoms with Gasteiger partial charge in [-0.25, -0.2) is 0 Å². The second-order valence-corrected chi connectivity index (χ2v) is 2.77. The molecule has 1 aliphatic carbocycles. The minimum absolute atomic E-state index is 0.126. The first-order valence-electron chi connectivity index (χ1n) is 3.56. The summed E-state index contributed by atoms with van der Waals surface area (Å²) in [6, 6.07) is 0.352. The van der Waals surface area contributed by atoms with Gasteiger partial charge in [-0.3, -0.25) is 4.79 Å². The van der Waals surface area contributed by atoms with Gasteiger partial charge in [0.2, 0.25) is 0 Å². The number of rotatable bonds is 3. The second kappa shape index (κ2) is 3.01. The molecule has 2 N–H and O–H groups in total. The Morgan fingerprint density at radius 2 is 2.40 bits per heavy atom. The van der Waals surface area contributed by atoms with Gasteiger partial charge < -0.3 is 10.5 Å². The molecule has 0 amide bonds. The Bertz CT molecular complexity index is 136. The van der Waals surface area contributed by atoms with Crippen LogP contribution in [0.2, 0.25) is 0 Å². The van der Waals surface area contributed by atoms with Gasteiger partial charge in [-0.1, -0.05) is 0 Å². The number of esters is 1. The summed E-state index contributed by atoms with van der Waals surface area (Å²) in [5.41, 5.74) is 5.54. The standard InChI is InChI=1S/C7H13NO2/c1-10-7(9)3-2-5-4-6(5)8/h5-6H,2-4,8H2,1H3. The Labute approximate surface area is 60.5 Å². The third-order valence-corrected chi connectivity index (χ3v) is 1.92. The van der Waals surface area contributed by atoms with Gasteiger partial charge in [0.1, 0.15) is 0 Å². The number of methoxy groups -OCH3 is 1. The van der Waals surface area contributed by atoms with Gasteiger partial charge in [-0.05, 0) is 18.8 Å². The fourth-order valence-electron chi connectivity index (χ4n) is 1.01. The van der Waals surface area contributed by atoms with Crippen molar-refractivity contribution in [1.82, 2.24) is 0 Å². The third kappa shape index (κ3) is 1.99. The normalized spacial score (nSPS) is 29.8. The van der Waals surface area contributed by atoms with Crippen molar-refractivity contribution in [3.8, 4) is 0 Å². The van der Waals surface area contributed by atoms with Gasteiger partial charge in [0.25, 0.3) is 0 Å². The highest BCUT2D eigenvalue weighted by molar-refractivity contribution is 5.69. The van der Waals surface area contributed by atoms with Crippen LogP contribution in [0.25, 0.3) is 0 Å². The highest BCUT2D eigenvalue weighted by Crippen LogP contribution is 2.32. The fraction of sp³-hybridized carbons (Fsp3) is 0.857. The first-order valence-corrected chi connectivity index (χ1v) is 3.56. The lowest BCUT2D eigenvalue weighted by atomic mass is 10.2. The zero-order valence-electron chi connectivity index (χ0n) is 6.17. The molecule has 0 aromatic carbocycles. The number of hydrogen-bond acceptors (Lipinski definition) is 3. The van der Waals surface area contributed by atoms with Crippen molar-refractivity contribution in [2.24, 2.45) is 11.7 Å². The average Bonchev–Trinajstić information content (AvgIpc) is 2.61. The molecule has 0 aromatic heterocycles. The second-order valence-electron chi connectivity index (χ2n) is 2.77. The van der Waals surface area contributed by atoms with Crippen molar-refractivity contribution in [3.05, 3.63) is 0 Å². The smallest absolute Gasteiger partial charge is 0.305 e. The summed E-state index contributed by atoms with van der Waals surface area (Å²) in [6.07, 6.45) is 2.50. The highest BCUT2D eigenvalue weighted by atomic mass is 16.5. The van der Waals surface area contributed by atoms with E-state index >= 15 is 0 Å². The van der Waals surface area contributed by atoms with Crippen LogP contribution in [0.15, 0.2) is 0 Å². The molecule has 0 spiro atoms. The Morgan fingerprint density at radius 1 is 1.80 bits per heavy atom. The summed E-state index contributed by atoms with van der Waals surface area (Å²) in [5.74, 6) is 0.457. The molecule has 2 unspecified atom stereocenters. The number of nitrogens with two attached hydrogens (primary N) is 1. The Hall–Kier alpha value is -0.570. The number of carbonyl (C=O) groups is 1. The molecule has 3 heteroatoms. The van der Waals surface area contributed by atoms with Crippen molar-refractivity contribution in [2.75, 3.05) is 7.11 Å². The molecule has 0 aromatic rings. The van der Waals surface area contributed by atoms with Gasteiger partial charge in [-0.2, -0.15) is 0 Å². The first kappa shape index (κ1) is 7.54. The topological polar surface area (TPSA) is 52.3 Å². The molecule has 0 heterocycles. The molecule has 0 bridgehead atoms. The van der Waals surface area contributed by atoms with Gasteiger partial charge >= 0.3 is 5.97 Å². The van der Waals surface area contributed by atoms with Crippen LogP contribution in [0.1, 0.15) is 19.3 Å². The predicted octanol–water partition coefficient (Wildman–Crippen LogP) is 0.287. The molecule has 1 saturated carbocycles. The summed E-state index contributed by atoms with van der Waals surface area (Å²) in [6.45, 7) is 0. The number of hydrogen-bond donors (Lipinski definition) is 1. The first-order chi connectivity index (χ1) is 4.74. The van der Waals surface area contributed by atoms with E-state index in [9.17, 15) is 4.79 Å². The molecule has 10 heavy (non-hydrogen) atoms. The van der Waals surface area contributed by atoms with Crippen LogP contribution in [0, 0.1) is 5.92 Å². The van der Waals surface area contributed by atoms with E-state index in [1.54, 1.807) is 0 Å². The van der Waals surface area contributed by atoms with E-state index in [2.05, 4.69) is 4.74 Å². The minimum Gasteiger partial charge on any atom is -0.469 e. The molecule has 58 valence electrons. The molecule has 0 aliphatic heterocycles.